The minimum absolute atomic E-state index is 0.0235. The molecule has 0 spiro atoms. The summed E-state index contributed by atoms with van der Waals surface area (Å²) >= 11 is 0. The molecule has 0 fully saturated rings. The van der Waals surface area contributed by atoms with Crippen molar-refractivity contribution in [2.24, 2.45) is 0 Å². The van der Waals surface area contributed by atoms with E-state index in [1.54, 1.807) is 12.1 Å². The van der Waals surface area contributed by atoms with Crippen molar-refractivity contribution in [2.45, 2.75) is 78.6 Å². The molecule has 2 aromatic heterocycles. The molecule has 0 atom stereocenters. The van der Waals surface area contributed by atoms with Crippen LogP contribution in [0.4, 0.5) is 27.1 Å². The molecule has 0 bridgehead atoms. The third-order valence-electron chi connectivity index (χ3n) is 11.5. The second kappa shape index (κ2) is 14.3. The molecule has 0 unspecified atom stereocenters. The van der Waals surface area contributed by atoms with Crippen LogP contribution in [0, 0.1) is 5.82 Å². The zero-order chi connectivity index (χ0) is 42.1. The van der Waals surface area contributed by atoms with Crippen LogP contribution in [0.1, 0.15) is 79.0 Å². The molecule has 3 heterocycles. The molecule has 6 aromatic carbocycles. The molecule has 0 saturated heterocycles. The Hall–Kier alpha value is -6.62. The Balaban J connectivity index is 1.18. The predicted octanol–water partition coefficient (Wildman–Crippen LogP) is 14.5. The molecule has 8 aromatic rings. The van der Waals surface area contributed by atoms with Gasteiger partial charge in [-0.15, -0.1) is 0 Å². The van der Waals surface area contributed by atoms with E-state index in [0.717, 1.165) is 61.5 Å². The van der Waals surface area contributed by atoms with Gasteiger partial charge in [0.15, 0.2) is 0 Å². The highest BCUT2D eigenvalue weighted by Gasteiger charge is 2.40. The fourth-order valence-electron chi connectivity index (χ4n) is 8.12. The number of rotatable bonds is 6. The van der Waals surface area contributed by atoms with Crippen molar-refractivity contribution >= 4 is 50.6 Å². The van der Waals surface area contributed by atoms with Crippen molar-refractivity contribution in [3.05, 3.63) is 168 Å². The van der Waals surface area contributed by atoms with E-state index in [-0.39, 0.29) is 22.1 Å². The Morgan fingerprint density at radius 2 is 1.23 bits per heavy atom. The number of fused-ring (bicyclic) bond motifs is 4. The molecule has 298 valence electrons. The van der Waals surface area contributed by atoms with Crippen LogP contribution in [0.5, 0.6) is 11.5 Å². The lowest BCUT2D eigenvalue weighted by molar-refractivity contribution is 0.483. The predicted molar refractivity (Wildman–Crippen MR) is 247 cm³/mol. The summed E-state index contributed by atoms with van der Waals surface area (Å²) in [5.74, 6) is 2.00. The van der Waals surface area contributed by atoms with Gasteiger partial charge >= 0.3 is 11.7 Å². The Bertz CT molecular complexity index is 3040. The van der Waals surface area contributed by atoms with Gasteiger partial charge in [-0.3, -0.25) is 4.57 Å². The number of nitrogens with zero attached hydrogens (tertiary/aromatic N) is 4. The molecule has 6 heteroatoms. The van der Waals surface area contributed by atoms with Gasteiger partial charge in [-0.2, -0.15) is 0 Å². The largest absolute Gasteiger partial charge is 0.503 e. The standard InChI is InChI=1S/C54H51FN4O/c1-52(2,3)36-25-26-56-50(31-36)59-47-21-11-10-19-45(47)46-24-23-43(33-49(46)59)60-42-18-13-17-40(32-42)57-34-58(41-29-37(53(4,5)6)28-38(30-41)54(7,8)9)51-44(20-14-22-48(51)57)35-15-12-16-39(55)27-35/h10-33H,1-9H3/q+2. The quantitative estimate of drug-likeness (QED) is 0.157. The fourth-order valence-corrected chi connectivity index (χ4v) is 8.12. The highest BCUT2D eigenvalue weighted by atomic mass is 19.1. The van der Waals surface area contributed by atoms with Crippen LogP contribution >= 0.6 is 0 Å². The molecule has 0 saturated carbocycles. The first-order chi connectivity index (χ1) is 28.5. The Labute approximate surface area is 352 Å². The molecule has 1 aliphatic rings. The van der Waals surface area contributed by atoms with Crippen molar-refractivity contribution in [1.29, 1.82) is 0 Å². The van der Waals surface area contributed by atoms with Crippen LogP contribution in [-0.2, 0) is 16.2 Å². The summed E-state index contributed by atoms with van der Waals surface area (Å²) in [6.45, 7) is 20.2. The summed E-state index contributed by atoms with van der Waals surface area (Å²) < 4.78 is 28.0. The fraction of sp³-hybridized carbons (Fsp3) is 0.222. The van der Waals surface area contributed by atoms with Gasteiger partial charge in [0, 0.05) is 47.3 Å². The maximum atomic E-state index is 14.8. The monoisotopic (exact) mass is 790 g/mol. The van der Waals surface area contributed by atoms with Crippen LogP contribution in [0.3, 0.4) is 0 Å². The highest BCUT2D eigenvalue weighted by Crippen LogP contribution is 2.45. The van der Waals surface area contributed by atoms with Gasteiger partial charge in [0.1, 0.15) is 23.1 Å². The molecule has 0 radical (unpaired) electrons. The third kappa shape index (κ3) is 7.12. The number of aromatic nitrogens is 2. The minimum Gasteiger partial charge on any atom is -0.457 e. The Kier molecular flexibility index (Phi) is 9.26. The van der Waals surface area contributed by atoms with Gasteiger partial charge in [0.2, 0.25) is 11.4 Å². The van der Waals surface area contributed by atoms with E-state index in [1.807, 2.05) is 36.5 Å². The van der Waals surface area contributed by atoms with Crippen molar-refractivity contribution in [2.75, 3.05) is 0 Å². The average molecular weight is 791 g/mol. The molecule has 5 nitrogen and oxygen atoms in total. The minimum atomic E-state index is -0.276. The number of benzene rings is 6. The van der Waals surface area contributed by atoms with Crippen molar-refractivity contribution in [3.8, 4) is 28.4 Å². The zero-order valence-electron chi connectivity index (χ0n) is 35.9. The van der Waals surface area contributed by atoms with Gasteiger partial charge in [-0.05, 0) is 102 Å². The van der Waals surface area contributed by atoms with E-state index >= 15 is 0 Å². The second-order valence-electron chi connectivity index (χ2n) is 19.0. The SMILES string of the molecule is CC(C)(C)c1cc([N+]2=C=[N+](c3cccc(Oc4ccc5c6ccccc6n(-c6cc(C(C)(C)C)ccn6)c5c4)c3)c3cccc(-c4cccc(F)c4)c32)cc(C(C)(C)C)c1. The van der Waals surface area contributed by atoms with E-state index in [9.17, 15) is 4.39 Å². The Morgan fingerprint density at radius 3 is 1.97 bits per heavy atom. The normalized spacial score (nSPS) is 13.1. The third-order valence-corrected chi connectivity index (χ3v) is 11.5. The lowest BCUT2D eigenvalue weighted by Crippen LogP contribution is -2.17. The number of para-hydroxylation sites is 2. The number of hydrogen-bond acceptors (Lipinski definition) is 2. The smallest absolute Gasteiger partial charge is 0.457 e. The molecule has 1 aliphatic heterocycles. The number of hydrogen-bond donors (Lipinski definition) is 0. The summed E-state index contributed by atoms with van der Waals surface area (Å²) in [7, 11) is 0. The first-order valence-electron chi connectivity index (χ1n) is 20.7. The first kappa shape index (κ1) is 38.9. The lowest BCUT2D eigenvalue weighted by Gasteiger charge is -2.24. The van der Waals surface area contributed by atoms with Crippen LogP contribution in [0.2, 0.25) is 0 Å². The summed E-state index contributed by atoms with van der Waals surface area (Å²) in [6, 6.07) is 50.8. The molecule has 9 rings (SSSR count). The van der Waals surface area contributed by atoms with Crippen molar-refractivity contribution in [1.82, 2.24) is 18.7 Å². The van der Waals surface area contributed by atoms with Crippen LogP contribution < -0.4 is 13.9 Å². The van der Waals surface area contributed by atoms with Gasteiger partial charge in [0.25, 0.3) is 5.69 Å². The van der Waals surface area contributed by atoms with Crippen LogP contribution in [0.15, 0.2) is 146 Å². The zero-order valence-corrected chi connectivity index (χ0v) is 35.9. The number of ether oxygens (including phenoxy) is 1. The topological polar surface area (TPSA) is 33.1 Å². The van der Waals surface area contributed by atoms with E-state index in [1.165, 1.54) is 22.8 Å². The van der Waals surface area contributed by atoms with E-state index in [4.69, 9.17) is 9.72 Å². The first-order valence-corrected chi connectivity index (χ1v) is 20.7. The van der Waals surface area contributed by atoms with Gasteiger partial charge in [-0.1, -0.05) is 111 Å². The van der Waals surface area contributed by atoms with Gasteiger partial charge in [-0.25, -0.2) is 9.37 Å². The van der Waals surface area contributed by atoms with E-state index in [2.05, 4.69) is 173 Å². The second-order valence-corrected chi connectivity index (χ2v) is 19.0. The van der Waals surface area contributed by atoms with Gasteiger partial charge < -0.3 is 4.74 Å². The molecule has 0 amide bonds. The summed E-state index contributed by atoms with van der Waals surface area (Å²) in [5, 5.41) is 2.29. The van der Waals surface area contributed by atoms with Crippen molar-refractivity contribution in [3.63, 3.8) is 0 Å². The average Bonchev–Trinajstić information content (AvgIpc) is 3.76. The number of halogens is 1. The molecule has 0 aliphatic carbocycles. The van der Waals surface area contributed by atoms with E-state index < -0.39 is 0 Å². The summed E-state index contributed by atoms with van der Waals surface area (Å²) in [5.41, 5.74) is 11.1. The molecule has 0 N–H and O–H groups in total. The Morgan fingerprint density at radius 1 is 0.550 bits per heavy atom. The van der Waals surface area contributed by atoms with Crippen molar-refractivity contribution < 1.29 is 9.13 Å². The highest BCUT2D eigenvalue weighted by molar-refractivity contribution is 6.09. The van der Waals surface area contributed by atoms with E-state index in [0.29, 0.717) is 11.5 Å². The van der Waals surface area contributed by atoms with Crippen LogP contribution in [0.25, 0.3) is 38.8 Å². The lowest BCUT2D eigenvalue weighted by atomic mass is 9.80. The maximum Gasteiger partial charge on any atom is 0.503 e. The molecular formula is C54H51FN4O+2. The summed E-state index contributed by atoms with van der Waals surface area (Å²) in [6.07, 6.45) is 1.90. The molecule has 60 heavy (non-hydrogen) atoms. The van der Waals surface area contributed by atoms with Gasteiger partial charge in [0.05, 0.1) is 22.7 Å². The number of pyridine rings is 1. The summed E-state index contributed by atoms with van der Waals surface area (Å²) in [4.78, 5) is 4.86. The van der Waals surface area contributed by atoms with Crippen LogP contribution in [-0.4, -0.2) is 15.6 Å². The maximum absolute atomic E-state index is 14.8. The molecular weight excluding hydrogens is 740 g/mol.